The van der Waals surface area contributed by atoms with Crippen LogP contribution in [0.25, 0.3) is 0 Å². The highest BCUT2D eigenvalue weighted by Gasteiger charge is 2.28. The zero-order valence-electron chi connectivity index (χ0n) is 14.5. The number of ether oxygens (including phenoxy) is 1. The van der Waals surface area contributed by atoms with Crippen LogP contribution in [0.3, 0.4) is 0 Å². The SMILES string of the molecule is CCOCCCNC(=O)c1cn2c(n1)C(=O)NC(c1ccc(F)cc1)C2. The van der Waals surface area contributed by atoms with Gasteiger partial charge in [-0.05, 0) is 31.0 Å². The summed E-state index contributed by atoms with van der Waals surface area (Å²) in [5.74, 6) is -0.819. The lowest BCUT2D eigenvalue weighted by Gasteiger charge is -2.25. The van der Waals surface area contributed by atoms with Crippen molar-refractivity contribution in [3.05, 3.63) is 53.4 Å². The summed E-state index contributed by atoms with van der Waals surface area (Å²) in [4.78, 5) is 28.6. The molecule has 2 N–H and O–H groups in total. The average molecular weight is 360 g/mol. The standard InChI is InChI=1S/C18H21FN4O3/c1-2-26-9-3-8-20-17(24)15-11-23-10-14(22-18(25)16(23)21-15)12-4-6-13(19)7-5-12/h4-7,11,14H,2-3,8-10H2,1H3,(H,20,24)(H,22,25). The van der Waals surface area contributed by atoms with Crippen LogP contribution >= 0.6 is 0 Å². The molecule has 0 saturated carbocycles. The molecule has 1 aromatic heterocycles. The Balaban J connectivity index is 1.66. The molecular weight excluding hydrogens is 339 g/mol. The average Bonchev–Trinajstić information content (AvgIpc) is 3.07. The minimum Gasteiger partial charge on any atom is -0.382 e. The third-order valence-electron chi connectivity index (χ3n) is 4.12. The lowest BCUT2D eigenvalue weighted by atomic mass is 10.1. The van der Waals surface area contributed by atoms with Gasteiger partial charge in [0.05, 0.1) is 6.04 Å². The largest absolute Gasteiger partial charge is 0.382 e. The molecule has 0 aliphatic carbocycles. The van der Waals surface area contributed by atoms with Crippen LogP contribution in [0.5, 0.6) is 0 Å². The molecule has 0 radical (unpaired) electrons. The molecule has 26 heavy (non-hydrogen) atoms. The van der Waals surface area contributed by atoms with Crippen molar-refractivity contribution in [2.24, 2.45) is 0 Å². The van der Waals surface area contributed by atoms with Crippen molar-refractivity contribution < 1.29 is 18.7 Å². The molecule has 8 heteroatoms. The Morgan fingerprint density at radius 3 is 2.92 bits per heavy atom. The molecule has 3 rings (SSSR count). The monoisotopic (exact) mass is 360 g/mol. The first-order valence-electron chi connectivity index (χ1n) is 8.58. The summed E-state index contributed by atoms with van der Waals surface area (Å²) in [7, 11) is 0. The van der Waals surface area contributed by atoms with Crippen molar-refractivity contribution in [3.8, 4) is 0 Å². The molecule has 1 aliphatic rings. The number of rotatable bonds is 7. The highest BCUT2D eigenvalue weighted by molar-refractivity contribution is 5.96. The normalized spacial score (nSPS) is 16.1. The van der Waals surface area contributed by atoms with E-state index < -0.39 is 0 Å². The van der Waals surface area contributed by atoms with Crippen LogP contribution in [-0.2, 0) is 11.3 Å². The lowest BCUT2D eigenvalue weighted by molar-refractivity contribution is 0.0894. The number of aromatic nitrogens is 2. The number of fused-ring (bicyclic) bond motifs is 1. The Hall–Kier alpha value is -2.74. The quantitative estimate of drug-likeness (QED) is 0.736. The number of nitrogens with one attached hydrogen (secondary N) is 2. The van der Waals surface area contributed by atoms with Gasteiger partial charge in [0.25, 0.3) is 11.8 Å². The number of halogens is 1. The number of carbonyl (C=O) groups is 2. The summed E-state index contributed by atoms with van der Waals surface area (Å²) in [6.07, 6.45) is 2.28. The van der Waals surface area contributed by atoms with Gasteiger partial charge in [-0.25, -0.2) is 9.37 Å². The second-order valence-electron chi connectivity index (χ2n) is 5.99. The number of benzene rings is 1. The van der Waals surface area contributed by atoms with Crippen molar-refractivity contribution in [1.82, 2.24) is 20.2 Å². The van der Waals surface area contributed by atoms with E-state index in [0.717, 1.165) is 5.56 Å². The minimum absolute atomic E-state index is 0.197. The van der Waals surface area contributed by atoms with Crippen LogP contribution in [-0.4, -0.2) is 41.1 Å². The lowest BCUT2D eigenvalue weighted by Crippen LogP contribution is -2.38. The van der Waals surface area contributed by atoms with Crippen molar-refractivity contribution in [1.29, 1.82) is 0 Å². The summed E-state index contributed by atoms with van der Waals surface area (Å²) >= 11 is 0. The zero-order valence-corrected chi connectivity index (χ0v) is 14.5. The van der Waals surface area contributed by atoms with Crippen LogP contribution in [0.2, 0.25) is 0 Å². The molecule has 7 nitrogen and oxygen atoms in total. The third-order valence-corrected chi connectivity index (χ3v) is 4.12. The van der Waals surface area contributed by atoms with Crippen molar-refractivity contribution in [2.45, 2.75) is 25.9 Å². The first kappa shape index (κ1) is 18.1. The second-order valence-corrected chi connectivity index (χ2v) is 5.99. The molecule has 0 spiro atoms. The van der Waals surface area contributed by atoms with Crippen molar-refractivity contribution >= 4 is 11.8 Å². The first-order chi connectivity index (χ1) is 12.6. The predicted molar refractivity (Wildman–Crippen MR) is 92.3 cm³/mol. The van der Waals surface area contributed by atoms with Gasteiger partial charge < -0.3 is 19.9 Å². The molecule has 2 amide bonds. The summed E-state index contributed by atoms with van der Waals surface area (Å²) in [6, 6.07) is 5.67. The summed E-state index contributed by atoms with van der Waals surface area (Å²) in [5.41, 5.74) is 0.993. The van der Waals surface area contributed by atoms with Crippen molar-refractivity contribution in [2.75, 3.05) is 19.8 Å². The van der Waals surface area contributed by atoms with Gasteiger partial charge in [0.2, 0.25) is 0 Å². The van der Waals surface area contributed by atoms with Crippen LogP contribution < -0.4 is 10.6 Å². The molecule has 1 unspecified atom stereocenters. The topological polar surface area (TPSA) is 85.2 Å². The van der Waals surface area contributed by atoms with Crippen molar-refractivity contribution in [3.63, 3.8) is 0 Å². The van der Waals surface area contributed by atoms with E-state index in [4.69, 9.17) is 4.74 Å². The Labute approximate surface area is 150 Å². The van der Waals surface area contributed by atoms with Gasteiger partial charge in [-0.2, -0.15) is 0 Å². The van der Waals surface area contributed by atoms with Gasteiger partial charge in [0.15, 0.2) is 5.82 Å². The maximum atomic E-state index is 13.1. The van der Waals surface area contributed by atoms with E-state index >= 15 is 0 Å². The molecule has 0 fully saturated rings. The Morgan fingerprint density at radius 1 is 1.42 bits per heavy atom. The Bertz CT molecular complexity index is 788. The van der Waals surface area contributed by atoms with Crippen LogP contribution in [0, 0.1) is 5.82 Å². The molecule has 0 bridgehead atoms. The number of nitrogens with zero attached hydrogens (tertiary/aromatic N) is 2. The smallest absolute Gasteiger partial charge is 0.287 e. The molecule has 2 heterocycles. The number of imidazole rings is 1. The molecule has 0 saturated heterocycles. The van der Waals surface area contributed by atoms with Crippen LogP contribution in [0.15, 0.2) is 30.5 Å². The fourth-order valence-corrected chi connectivity index (χ4v) is 2.81. The fourth-order valence-electron chi connectivity index (χ4n) is 2.81. The molecule has 1 aliphatic heterocycles. The Morgan fingerprint density at radius 2 is 2.19 bits per heavy atom. The number of amides is 2. The third kappa shape index (κ3) is 4.08. The zero-order chi connectivity index (χ0) is 18.5. The summed E-state index contributed by atoms with van der Waals surface area (Å²) in [6.45, 7) is 4.05. The van der Waals surface area contributed by atoms with Gasteiger partial charge >= 0.3 is 0 Å². The van der Waals surface area contributed by atoms with E-state index in [-0.39, 0.29) is 35.2 Å². The summed E-state index contributed by atoms with van der Waals surface area (Å²) < 4.78 is 19.9. The molecule has 2 aromatic rings. The van der Waals surface area contributed by atoms with E-state index in [1.165, 1.54) is 12.1 Å². The minimum atomic E-state index is -0.360. The Kier molecular flexibility index (Phi) is 5.62. The van der Waals surface area contributed by atoms with E-state index in [1.807, 2.05) is 6.92 Å². The van der Waals surface area contributed by atoms with Gasteiger partial charge in [-0.15, -0.1) is 0 Å². The first-order valence-corrected chi connectivity index (χ1v) is 8.58. The van der Waals surface area contributed by atoms with E-state index in [1.54, 1.807) is 22.9 Å². The fraction of sp³-hybridized carbons (Fsp3) is 0.389. The van der Waals surface area contributed by atoms with Crippen LogP contribution in [0.4, 0.5) is 4.39 Å². The highest BCUT2D eigenvalue weighted by Crippen LogP contribution is 2.21. The molecule has 1 aromatic carbocycles. The van der Waals surface area contributed by atoms with Gasteiger partial charge in [-0.1, -0.05) is 12.1 Å². The van der Waals surface area contributed by atoms with Gasteiger partial charge in [0, 0.05) is 32.5 Å². The van der Waals surface area contributed by atoms with Crippen LogP contribution in [0.1, 0.15) is 46.1 Å². The maximum absolute atomic E-state index is 13.1. The highest BCUT2D eigenvalue weighted by atomic mass is 19.1. The summed E-state index contributed by atoms with van der Waals surface area (Å²) in [5, 5.41) is 5.60. The number of carbonyl (C=O) groups excluding carboxylic acids is 2. The maximum Gasteiger partial charge on any atom is 0.287 e. The number of hydrogen-bond donors (Lipinski definition) is 2. The van der Waals surface area contributed by atoms with Gasteiger partial charge in [-0.3, -0.25) is 9.59 Å². The molecule has 1 atom stereocenters. The second kappa shape index (κ2) is 8.09. The van der Waals surface area contributed by atoms with E-state index in [0.29, 0.717) is 32.7 Å². The number of hydrogen-bond acceptors (Lipinski definition) is 4. The van der Waals surface area contributed by atoms with Gasteiger partial charge in [0.1, 0.15) is 11.5 Å². The molecule has 138 valence electrons. The van der Waals surface area contributed by atoms with E-state index in [2.05, 4.69) is 15.6 Å². The van der Waals surface area contributed by atoms with E-state index in [9.17, 15) is 14.0 Å². The molecular formula is C18H21FN4O3. The predicted octanol–water partition coefficient (Wildman–Crippen LogP) is 1.66.